The maximum atomic E-state index is 13.0. The maximum absolute atomic E-state index is 13.0. The molecule has 3 rings (SSSR count). The van der Waals surface area contributed by atoms with Crippen LogP contribution in [0.25, 0.3) is 0 Å². The number of hydrogen-bond acceptors (Lipinski definition) is 2. The predicted octanol–water partition coefficient (Wildman–Crippen LogP) is 3.89. The lowest BCUT2D eigenvalue weighted by Crippen LogP contribution is -2.32. The van der Waals surface area contributed by atoms with E-state index in [4.69, 9.17) is 0 Å². The largest absolute Gasteiger partial charge is 0.416 e. The number of Topliss-reactive ketones (excluding diaryl/α,β-unsaturated/α-hetero) is 1. The highest BCUT2D eigenvalue weighted by molar-refractivity contribution is 7.86. The molecule has 2 nitrogen and oxygen atoms in total. The van der Waals surface area contributed by atoms with Gasteiger partial charge in [-0.25, -0.2) is 0 Å². The van der Waals surface area contributed by atoms with Crippen LogP contribution in [0.1, 0.15) is 47.2 Å². The van der Waals surface area contributed by atoms with Crippen molar-refractivity contribution in [2.45, 2.75) is 49.3 Å². The molecule has 0 aliphatic carbocycles. The van der Waals surface area contributed by atoms with Gasteiger partial charge >= 0.3 is 6.18 Å². The van der Waals surface area contributed by atoms with Crippen LogP contribution in [0, 0.1) is 12.8 Å². The zero-order valence-electron chi connectivity index (χ0n) is 12.2. The maximum Gasteiger partial charge on any atom is 0.416 e. The van der Waals surface area contributed by atoms with E-state index in [0.29, 0.717) is 12.8 Å². The van der Waals surface area contributed by atoms with Crippen molar-refractivity contribution in [3.8, 4) is 0 Å². The van der Waals surface area contributed by atoms with E-state index in [1.54, 1.807) is 0 Å². The van der Waals surface area contributed by atoms with Crippen molar-refractivity contribution < 1.29 is 22.2 Å². The normalized spacial score (nSPS) is 31.3. The van der Waals surface area contributed by atoms with Gasteiger partial charge in [0.2, 0.25) is 0 Å². The van der Waals surface area contributed by atoms with Gasteiger partial charge in [0.15, 0.2) is 5.78 Å². The zero-order chi connectivity index (χ0) is 16.1. The molecule has 1 aromatic rings. The van der Waals surface area contributed by atoms with Gasteiger partial charge < -0.3 is 0 Å². The van der Waals surface area contributed by atoms with Crippen LogP contribution < -0.4 is 0 Å². The number of ketones is 1. The lowest BCUT2D eigenvalue weighted by atomic mass is 9.89. The average Bonchev–Trinajstić information content (AvgIpc) is 2.67. The Bertz CT molecular complexity index is 623. The third-order valence-electron chi connectivity index (χ3n) is 4.76. The van der Waals surface area contributed by atoms with Gasteiger partial charge in [0.25, 0.3) is 0 Å². The lowest BCUT2D eigenvalue weighted by Gasteiger charge is -2.26. The van der Waals surface area contributed by atoms with Gasteiger partial charge in [0.1, 0.15) is 0 Å². The van der Waals surface area contributed by atoms with E-state index in [9.17, 15) is 22.2 Å². The molecule has 2 bridgehead atoms. The molecule has 0 spiro atoms. The predicted molar refractivity (Wildman–Crippen MR) is 78.2 cm³/mol. The zero-order valence-corrected chi connectivity index (χ0v) is 13.0. The first-order valence-corrected chi connectivity index (χ1v) is 8.66. The Kier molecular flexibility index (Phi) is 3.91. The summed E-state index contributed by atoms with van der Waals surface area (Å²) in [4.78, 5) is 12.5. The van der Waals surface area contributed by atoms with Crippen LogP contribution in [-0.2, 0) is 17.0 Å². The summed E-state index contributed by atoms with van der Waals surface area (Å²) < 4.78 is 50.9. The highest BCUT2D eigenvalue weighted by Gasteiger charge is 2.43. The summed E-state index contributed by atoms with van der Waals surface area (Å²) in [5.74, 6) is -0.530. The van der Waals surface area contributed by atoms with Crippen LogP contribution in [0.5, 0.6) is 0 Å². The highest BCUT2D eigenvalue weighted by Crippen LogP contribution is 2.40. The fraction of sp³-hybridized carbons (Fsp3) is 0.562. The van der Waals surface area contributed by atoms with Gasteiger partial charge in [-0.05, 0) is 44.2 Å². The van der Waals surface area contributed by atoms with E-state index in [2.05, 4.69) is 0 Å². The van der Waals surface area contributed by atoms with Crippen LogP contribution in [0.2, 0.25) is 0 Å². The number of hydrogen-bond donors (Lipinski definition) is 0. The third kappa shape index (κ3) is 2.73. The molecule has 2 unspecified atom stereocenters. The first-order chi connectivity index (χ1) is 10.3. The molecule has 2 saturated heterocycles. The molecule has 22 heavy (non-hydrogen) atoms. The molecule has 2 fully saturated rings. The van der Waals surface area contributed by atoms with Crippen LogP contribution >= 0.6 is 0 Å². The fourth-order valence-corrected chi connectivity index (χ4v) is 5.69. The molecule has 0 N–H and O–H groups in total. The molecule has 1 aromatic carbocycles. The fourth-order valence-electron chi connectivity index (χ4n) is 3.56. The summed E-state index contributed by atoms with van der Waals surface area (Å²) in [6, 6.07) is 3.79. The molecule has 2 heterocycles. The van der Waals surface area contributed by atoms with Crippen molar-refractivity contribution >= 4 is 16.6 Å². The van der Waals surface area contributed by atoms with Gasteiger partial charge in [0, 0.05) is 32.8 Å². The third-order valence-corrected chi connectivity index (χ3v) is 6.93. The molecular formula is C16H17F3O2S. The number of rotatable bonds is 2. The number of halogens is 3. The molecule has 0 radical (unpaired) electrons. The van der Waals surface area contributed by atoms with Crippen LogP contribution in [-0.4, -0.2) is 20.5 Å². The van der Waals surface area contributed by atoms with Gasteiger partial charge in [-0.15, -0.1) is 0 Å². The van der Waals surface area contributed by atoms with Crippen LogP contribution in [0.4, 0.5) is 13.2 Å². The number of alkyl halides is 3. The quantitative estimate of drug-likeness (QED) is 0.771. The Morgan fingerprint density at radius 2 is 1.77 bits per heavy atom. The van der Waals surface area contributed by atoms with E-state index >= 15 is 0 Å². The van der Waals surface area contributed by atoms with Gasteiger partial charge in [-0.1, -0.05) is 12.1 Å². The second-order valence-corrected chi connectivity index (χ2v) is 8.20. The highest BCUT2D eigenvalue weighted by atomic mass is 32.2. The Balaban J connectivity index is 1.86. The molecule has 0 aromatic heterocycles. The summed E-state index contributed by atoms with van der Waals surface area (Å²) in [7, 11) is -0.867. The molecule has 6 heteroatoms. The van der Waals surface area contributed by atoms with E-state index in [1.807, 2.05) is 0 Å². The number of aryl methyl sites for hydroxylation is 1. The second kappa shape index (κ2) is 5.48. The molecule has 0 saturated carbocycles. The SMILES string of the molecule is Cc1ccc(C(=O)C2CC3CCC(C2)S3=O)cc1C(F)(F)F. The lowest BCUT2D eigenvalue weighted by molar-refractivity contribution is -0.138. The average molecular weight is 330 g/mol. The molecule has 0 amide bonds. The van der Waals surface area contributed by atoms with Crippen molar-refractivity contribution in [3.63, 3.8) is 0 Å². The number of fused-ring (bicyclic) bond motifs is 2. The minimum Gasteiger partial charge on any atom is -0.294 e. The Morgan fingerprint density at radius 3 is 2.32 bits per heavy atom. The van der Waals surface area contributed by atoms with E-state index in [1.165, 1.54) is 19.1 Å². The van der Waals surface area contributed by atoms with Crippen molar-refractivity contribution in [2.75, 3.05) is 0 Å². The van der Waals surface area contributed by atoms with E-state index < -0.39 is 22.5 Å². The van der Waals surface area contributed by atoms with Crippen LogP contribution in [0.15, 0.2) is 18.2 Å². The number of benzene rings is 1. The van der Waals surface area contributed by atoms with Crippen LogP contribution in [0.3, 0.4) is 0 Å². The van der Waals surface area contributed by atoms with E-state index in [-0.39, 0.29) is 33.3 Å². The standard InChI is InChI=1S/C16H17F3O2S/c1-9-2-3-10(8-14(9)16(17,18)19)15(20)11-6-12-4-5-13(7-11)22(12)21/h2-3,8,11-13H,4-7H2,1H3. The van der Waals surface area contributed by atoms with Crippen molar-refractivity contribution in [1.82, 2.24) is 0 Å². The summed E-state index contributed by atoms with van der Waals surface area (Å²) in [6.07, 6.45) is -1.65. The Morgan fingerprint density at radius 1 is 1.18 bits per heavy atom. The monoisotopic (exact) mass is 330 g/mol. The second-order valence-electron chi connectivity index (χ2n) is 6.21. The first kappa shape index (κ1) is 15.7. The molecule has 2 aliphatic rings. The Labute approximate surface area is 129 Å². The van der Waals surface area contributed by atoms with Crippen molar-refractivity contribution in [3.05, 3.63) is 34.9 Å². The smallest absolute Gasteiger partial charge is 0.294 e. The minimum absolute atomic E-state index is 0.0419. The molecule has 2 aliphatic heterocycles. The summed E-state index contributed by atoms with van der Waals surface area (Å²) in [5.41, 5.74) is -0.510. The number of carbonyl (C=O) groups excluding carboxylic acids is 1. The molecular weight excluding hydrogens is 313 g/mol. The number of carbonyl (C=O) groups is 1. The topological polar surface area (TPSA) is 34.1 Å². The van der Waals surface area contributed by atoms with Gasteiger partial charge in [-0.3, -0.25) is 9.00 Å². The summed E-state index contributed by atoms with van der Waals surface area (Å²) >= 11 is 0. The van der Waals surface area contributed by atoms with E-state index in [0.717, 1.165) is 18.9 Å². The minimum atomic E-state index is -4.45. The van der Waals surface area contributed by atoms with Crippen molar-refractivity contribution in [1.29, 1.82) is 0 Å². The summed E-state index contributed by atoms with van der Waals surface area (Å²) in [6.45, 7) is 1.39. The molecule has 2 atom stereocenters. The first-order valence-electron chi connectivity index (χ1n) is 7.39. The Hall–Kier alpha value is -1.17. The summed E-state index contributed by atoms with van der Waals surface area (Å²) in [5, 5.41) is 0.0838. The van der Waals surface area contributed by atoms with Gasteiger partial charge in [-0.2, -0.15) is 13.2 Å². The molecule has 120 valence electrons. The van der Waals surface area contributed by atoms with Gasteiger partial charge in [0.05, 0.1) is 5.56 Å². The van der Waals surface area contributed by atoms with Crippen molar-refractivity contribution in [2.24, 2.45) is 5.92 Å².